The lowest BCUT2D eigenvalue weighted by molar-refractivity contribution is -0.136. The zero-order valence-corrected chi connectivity index (χ0v) is 15.5. The maximum absolute atomic E-state index is 12.8. The summed E-state index contributed by atoms with van der Waals surface area (Å²) in [7, 11) is 0. The molecule has 6 nitrogen and oxygen atoms in total. The highest BCUT2D eigenvalue weighted by Gasteiger charge is 2.29. The molecule has 1 aliphatic heterocycles. The molecular formula is C20H28N4O2. The normalized spacial score (nSPS) is 18.9. The van der Waals surface area contributed by atoms with E-state index in [9.17, 15) is 9.59 Å². The van der Waals surface area contributed by atoms with Crippen molar-refractivity contribution in [1.29, 1.82) is 0 Å². The number of nitrogens with one attached hydrogen (secondary N) is 2. The number of hydrogen-bond donors (Lipinski definition) is 3. The summed E-state index contributed by atoms with van der Waals surface area (Å²) in [6, 6.07) is 9.68. The molecule has 0 spiro atoms. The van der Waals surface area contributed by atoms with Gasteiger partial charge in [-0.3, -0.25) is 9.59 Å². The molecule has 6 heteroatoms. The number of aromatic amines is 1. The van der Waals surface area contributed by atoms with Crippen LogP contribution in [-0.2, 0) is 9.59 Å². The number of amides is 2. The molecule has 26 heavy (non-hydrogen) atoms. The lowest BCUT2D eigenvalue weighted by Crippen LogP contribution is -2.49. The number of aromatic nitrogens is 1. The molecule has 3 rings (SSSR count). The molecule has 4 N–H and O–H groups in total. The minimum absolute atomic E-state index is 0.00399. The second-order valence-electron chi connectivity index (χ2n) is 7.40. The van der Waals surface area contributed by atoms with Crippen LogP contribution in [0.25, 0.3) is 10.9 Å². The number of H-pyrrole nitrogens is 1. The lowest BCUT2D eigenvalue weighted by Gasteiger charge is -2.35. The fourth-order valence-corrected chi connectivity index (χ4v) is 3.51. The van der Waals surface area contributed by atoms with Crippen molar-refractivity contribution in [2.24, 2.45) is 11.7 Å². The van der Waals surface area contributed by atoms with E-state index >= 15 is 0 Å². The third-order valence-electron chi connectivity index (χ3n) is 5.17. The number of rotatable bonds is 5. The fourth-order valence-electron chi connectivity index (χ4n) is 3.51. The molecule has 1 aromatic carbocycles. The van der Waals surface area contributed by atoms with Gasteiger partial charge in [0.05, 0.1) is 18.6 Å². The first-order valence-electron chi connectivity index (χ1n) is 9.38. The van der Waals surface area contributed by atoms with Crippen molar-refractivity contribution >= 4 is 22.7 Å². The van der Waals surface area contributed by atoms with E-state index in [4.69, 9.17) is 5.73 Å². The zero-order chi connectivity index (χ0) is 18.7. The molecule has 1 unspecified atom stereocenters. The topological polar surface area (TPSA) is 91.2 Å². The first-order chi connectivity index (χ1) is 12.5. The molecule has 2 atom stereocenters. The summed E-state index contributed by atoms with van der Waals surface area (Å²) in [5.74, 6) is -0.288. The van der Waals surface area contributed by atoms with Gasteiger partial charge in [0, 0.05) is 17.8 Å². The highest BCUT2D eigenvalue weighted by molar-refractivity contribution is 5.88. The number of fused-ring (bicyclic) bond motifs is 1. The quantitative estimate of drug-likeness (QED) is 0.768. The third-order valence-corrected chi connectivity index (χ3v) is 5.17. The van der Waals surface area contributed by atoms with Crippen LogP contribution in [0.5, 0.6) is 0 Å². The van der Waals surface area contributed by atoms with Crippen molar-refractivity contribution in [3.05, 3.63) is 36.0 Å². The molecule has 1 aliphatic rings. The summed E-state index contributed by atoms with van der Waals surface area (Å²) < 4.78 is 0. The van der Waals surface area contributed by atoms with Crippen LogP contribution in [0.3, 0.4) is 0 Å². The van der Waals surface area contributed by atoms with Crippen molar-refractivity contribution < 1.29 is 9.59 Å². The van der Waals surface area contributed by atoms with E-state index in [1.165, 1.54) is 0 Å². The molecule has 2 amide bonds. The maximum Gasteiger partial charge on any atom is 0.242 e. The Morgan fingerprint density at radius 1 is 1.31 bits per heavy atom. The Morgan fingerprint density at radius 3 is 2.81 bits per heavy atom. The number of likely N-dealkylation sites (tertiary alicyclic amines) is 1. The molecule has 0 radical (unpaired) electrons. The molecule has 0 aliphatic carbocycles. The van der Waals surface area contributed by atoms with Gasteiger partial charge in [0.1, 0.15) is 0 Å². The molecule has 0 bridgehead atoms. The summed E-state index contributed by atoms with van der Waals surface area (Å²) in [6.45, 7) is 4.49. The molecule has 2 heterocycles. The Labute approximate surface area is 154 Å². The molecule has 1 fully saturated rings. The van der Waals surface area contributed by atoms with Gasteiger partial charge in [0.15, 0.2) is 0 Å². The smallest absolute Gasteiger partial charge is 0.242 e. The van der Waals surface area contributed by atoms with E-state index in [0.717, 1.165) is 35.9 Å². The van der Waals surface area contributed by atoms with Gasteiger partial charge in [0.2, 0.25) is 11.8 Å². The molecule has 1 saturated heterocycles. The minimum atomic E-state index is -0.589. The minimum Gasteiger partial charge on any atom is -0.357 e. The molecular weight excluding hydrogens is 328 g/mol. The first-order valence-corrected chi connectivity index (χ1v) is 9.38. The van der Waals surface area contributed by atoms with Crippen LogP contribution in [0.15, 0.2) is 30.3 Å². The van der Waals surface area contributed by atoms with Crippen molar-refractivity contribution in [2.45, 2.75) is 45.2 Å². The van der Waals surface area contributed by atoms with Crippen LogP contribution in [0, 0.1) is 5.92 Å². The van der Waals surface area contributed by atoms with Crippen LogP contribution in [0.2, 0.25) is 0 Å². The Kier molecular flexibility index (Phi) is 5.61. The number of para-hydroxylation sites is 1. The van der Waals surface area contributed by atoms with Crippen molar-refractivity contribution in [2.75, 3.05) is 13.1 Å². The van der Waals surface area contributed by atoms with Gasteiger partial charge in [-0.25, -0.2) is 0 Å². The van der Waals surface area contributed by atoms with E-state index in [2.05, 4.69) is 22.4 Å². The van der Waals surface area contributed by atoms with Gasteiger partial charge >= 0.3 is 0 Å². The van der Waals surface area contributed by atoms with Crippen LogP contribution >= 0.6 is 0 Å². The summed E-state index contributed by atoms with van der Waals surface area (Å²) >= 11 is 0. The average Bonchev–Trinajstić information content (AvgIpc) is 3.09. The maximum atomic E-state index is 12.8. The predicted molar refractivity (Wildman–Crippen MR) is 102 cm³/mol. The van der Waals surface area contributed by atoms with E-state index in [-0.39, 0.29) is 30.3 Å². The van der Waals surface area contributed by atoms with Gasteiger partial charge in [0.25, 0.3) is 0 Å². The standard InChI is InChI=1S/C20H28N4O2/c1-13(2)19(21)20(26)22-12-18(25)24-10-6-5-9-17(24)16-11-14-7-3-4-8-15(14)23-16/h3-4,7-8,11,13,17,19,23H,5-6,9-10,12,21H2,1-2H3,(H,22,26)/t17?,19-/m0/s1. The van der Waals surface area contributed by atoms with Crippen LogP contribution in [-0.4, -0.2) is 40.8 Å². The summed E-state index contributed by atoms with van der Waals surface area (Å²) in [5.41, 5.74) is 7.98. The number of carbonyl (C=O) groups is 2. The van der Waals surface area contributed by atoms with Crippen LogP contribution in [0.1, 0.15) is 44.8 Å². The Hall–Kier alpha value is -2.34. The van der Waals surface area contributed by atoms with Gasteiger partial charge in [-0.05, 0) is 42.7 Å². The number of benzene rings is 1. The fraction of sp³-hybridized carbons (Fsp3) is 0.500. The van der Waals surface area contributed by atoms with Crippen molar-refractivity contribution in [3.8, 4) is 0 Å². The van der Waals surface area contributed by atoms with Crippen molar-refractivity contribution in [3.63, 3.8) is 0 Å². The average molecular weight is 356 g/mol. The Bertz CT molecular complexity index is 750. The monoisotopic (exact) mass is 356 g/mol. The van der Waals surface area contributed by atoms with Crippen LogP contribution in [0.4, 0.5) is 0 Å². The third kappa shape index (κ3) is 3.90. The second kappa shape index (κ2) is 7.91. The van der Waals surface area contributed by atoms with Gasteiger partial charge < -0.3 is 20.9 Å². The van der Waals surface area contributed by atoms with Crippen LogP contribution < -0.4 is 11.1 Å². The molecule has 140 valence electrons. The Balaban J connectivity index is 1.70. The van der Waals surface area contributed by atoms with Gasteiger partial charge in [-0.2, -0.15) is 0 Å². The van der Waals surface area contributed by atoms with Gasteiger partial charge in [-0.15, -0.1) is 0 Å². The molecule has 1 aromatic heterocycles. The number of nitrogens with zero attached hydrogens (tertiary/aromatic N) is 1. The SMILES string of the molecule is CC(C)[C@H](N)C(=O)NCC(=O)N1CCCCC1c1cc2ccccc2[nH]1. The molecule has 0 saturated carbocycles. The highest BCUT2D eigenvalue weighted by Crippen LogP contribution is 2.32. The van der Waals surface area contributed by atoms with E-state index in [1.54, 1.807) is 0 Å². The van der Waals surface area contributed by atoms with E-state index < -0.39 is 6.04 Å². The predicted octanol–water partition coefficient (Wildman–Crippen LogP) is 2.32. The largest absolute Gasteiger partial charge is 0.357 e. The summed E-state index contributed by atoms with van der Waals surface area (Å²) in [5, 5.41) is 3.84. The van der Waals surface area contributed by atoms with Gasteiger partial charge in [-0.1, -0.05) is 32.0 Å². The molecule has 2 aromatic rings. The highest BCUT2D eigenvalue weighted by atomic mass is 16.2. The first kappa shape index (κ1) is 18.5. The Morgan fingerprint density at radius 2 is 2.08 bits per heavy atom. The number of nitrogens with two attached hydrogens (primary N) is 1. The van der Waals surface area contributed by atoms with E-state index in [1.807, 2.05) is 36.9 Å². The summed E-state index contributed by atoms with van der Waals surface area (Å²) in [4.78, 5) is 30.1. The summed E-state index contributed by atoms with van der Waals surface area (Å²) in [6.07, 6.45) is 3.01. The van der Waals surface area contributed by atoms with E-state index in [0.29, 0.717) is 6.54 Å². The number of hydrogen-bond acceptors (Lipinski definition) is 3. The van der Waals surface area contributed by atoms with Crippen molar-refractivity contribution in [1.82, 2.24) is 15.2 Å². The second-order valence-corrected chi connectivity index (χ2v) is 7.40. The number of piperidine rings is 1. The lowest BCUT2D eigenvalue weighted by atomic mass is 9.99. The zero-order valence-electron chi connectivity index (χ0n) is 15.5. The number of carbonyl (C=O) groups excluding carboxylic acids is 2.